The highest BCUT2D eigenvalue weighted by molar-refractivity contribution is 5.79. The van der Waals surface area contributed by atoms with Crippen LogP contribution in [0.25, 0.3) is 0 Å². The van der Waals surface area contributed by atoms with E-state index in [9.17, 15) is 4.79 Å². The van der Waals surface area contributed by atoms with Crippen LogP contribution in [-0.4, -0.2) is 67.7 Å². The number of anilines is 1. The molecule has 5 nitrogen and oxygen atoms in total. The molecule has 1 saturated carbocycles. The highest BCUT2D eigenvalue weighted by atomic mass is 16.5. The number of hydrogen-bond donors (Lipinski definition) is 0. The van der Waals surface area contributed by atoms with Gasteiger partial charge in [0, 0.05) is 44.5 Å². The van der Waals surface area contributed by atoms with Crippen molar-refractivity contribution in [3.63, 3.8) is 0 Å². The van der Waals surface area contributed by atoms with E-state index in [2.05, 4.69) is 39.0 Å². The van der Waals surface area contributed by atoms with Crippen LogP contribution in [0.4, 0.5) is 5.69 Å². The molecule has 1 aromatic carbocycles. The van der Waals surface area contributed by atoms with Gasteiger partial charge in [0.15, 0.2) is 0 Å². The Hall–Kier alpha value is -1.59. The number of ether oxygens (including phenoxy) is 1. The second-order valence-electron chi connectivity index (χ2n) is 7.50. The van der Waals surface area contributed by atoms with Gasteiger partial charge in [0.25, 0.3) is 0 Å². The van der Waals surface area contributed by atoms with Crippen molar-refractivity contribution in [3.8, 4) is 0 Å². The Bertz CT molecular complexity index is 577. The smallest absolute Gasteiger partial charge is 0.237 e. The van der Waals surface area contributed by atoms with Gasteiger partial charge < -0.3 is 14.5 Å². The molecule has 0 atom stereocenters. The summed E-state index contributed by atoms with van der Waals surface area (Å²) >= 11 is 0. The molecule has 2 saturated heterocycles. The highest BCUT2D eigenvalue weighted by Crippen LogP contribution is 2.25. The predicted molar refractivity (Wildman–Crippen MR) is 98.7 cm³/mol. The maximum Gasteiger partial charge on any atom is 0.237 e. The van der Waals surface area contributed by atoms with E-state index in [1.54, 1.807) is 0 Å². The van der Waals surface area contributed by atoms with Crippen LogP contribution in [-0.2, 0) is 16.1 Å². The van der Waals surface area contributed by atoms with Gasteiger partial charge in [-0.2, -0.15) is 0 Å². The van der Waals surface area contributed by atoms with E-state index in [1.165, 1.54) is 36.9 Å². The Labute approximate surface area is 150 Å². The monoisotopic (exact) mass is 343 g/mol. The predicted octanol–water partition coefficient (Wildman–Crippen LogP) is 2.11. The molecule has 1 aromatic rings. The number of benzene rings is 1. The minimum Gasteiger partial charge on any atom is -0.378 e. The number of carbonyl (C=O) groups excluding carboxylic acids is 1. The van der Waals surface area contributed by atoms with E-state index in [-0.39, 0.29) is 0 Å². The van der Waals surface area contributed by atoms with Crippen LogP contribution in [0.3, 0.4) is 0 Å². The fourth-order valence-corrected chi connectivity index (χ4v) is 4.36. The van der Waals surface area contributed by atoms with Crippen LogP contribution in [0.2, 0.25) is 0 Å². The minimum absolute atomic E-state index is 0.322. The van der Waals surface area contributed by atoms with E-state index in [4.69, 9.17) is 4.74 Å². The summed E-state index contributed by atoms with van der Waals surface area (Å²) in [5.41, 5.74) is 2.56. The van der Waals surface area contributed by atoms with E-state index in [0.717, 1.165) is 45.9 Å². The Morgan fingerprint density at radius 1 is 0.960 bits per heavy atom. The van der Waals surface area contributed by atoms with Gasteiger partial charge in [0.1, 0.15) is 0 Å². The summed E-state index contributed by atoms with van der Waals surface area (Å²) in [6, 6.07) is 9.34. The van der Waals surface area contributed by atoms with Crippen molar-refractivity contribution < 1.29 is 9.53 Å². The topological polar surface area (TPSA) is 36.0 Å². The molecule has 2 aliphatic heterocycles. The molecule has 2 heterocycles. The number of rotatable bonds is 4. The van der Waals surface area contributed by atoms with E-state index in [0.29, 0.717) is 18.5 Å². The number of nitrogens with zero attached hydrogens (tertiary/aromatic N) is 3. The summed E-state index contributed by atoms with van der Waals surface area (Å²) in [6.07, 6.45) is 4.98. The first kappa shape index (κ1) is 16.9. The number of piperazine rings is 1. The van der Waals surface area contributed by atoms with Crippen molar-refractivity contribution in [2.45, 2.75) is 38.3 Å². The van der Waals surface area contributed by atoms with Crippen molar-refractivity contribution in [3.05, 3.63) is 29.8 Å². The molecule has 0 unspecified atom stereocenters. The van der Waals surface area contributed by atoms with Crippen LogP contribution in [0, 0.1) is 0 Å². The SMILES string of the molecule is O=C1CN(Cc2ccc(N3CCOCC3)cc2)CCN1C1CCCC1. The zero-order chi connectivity index (χ0) is 17.1. The number of carbonyl (C=O) groups is 1. The third kappa shape index (κ3) is 3.98. The molecule has 5 heteroatoms. The lowest BCUT2D eigenvalue weighted by molar-refractivity contribution is -0.138. The largest absolute Gasteiger partial charge is 0.378 e. The van der Waals surface area contributed by atoms with Crippen molar-refractivity contribution in [1.82, 2.24) is 9.80 Å². The van der Waals surface area contributed by atoms with E-state index < -0.39 is 0 Å². The summed E-state index contributed by atoms with van der Waals surface area (Å²) in [4.78, 5) is 19.3. The molecule has 0 N–H and O–H groups in total. The fourth-order valence-electron chi connectivity index (χ4n) is 4.36. The summed E-state index contributed by atoms with van der Waals surface area (Å²) in [6.45, 7) is 6.90. The molecular weight excluding hydrogens is 314 g/mol. The van der Waals surface area contributed by atoms with Crippen molar-refractivity contribution >= 4 is 11.6 Å². The van der Waals surface area contributed by atoms with Gasteiger partial charge >= 0.3 is 0 Å². The van der Waals surface area contributed by atoms with Gasteiger partial charge in [0.2, 0.25) is 5.91 Å². The Morgan fingerprint density at radius 3 is 2.36 bits per heavy atom. The fraction of sp³-hybridized carbons (Fsp3) is 0.650. The highest BCUT2D eigenvalue weighted by Gasteiger charge is 2.31. The van der Waals surface area contributed by atoms with Gasteiger partial charge in [-0.25, -0.2) is 0 Å². The van der Waals surface area contributed by atoms with Crippen molar-refractivity contribution in [2.24, 2.45) is 0 Å². The lowest BCUT2D eigenvalue weighted by Crippen LogP contribution is -2.53. The molecule has 1 aliphatic carbocycles. The molecule has 136 valence electrons. The Kier molecular flexibility index (Phi) is 5.22. The van der Waals surface area contributed by atoms with Crippen LogP contribution in [0.15, 0.2) is 24.3 Å². The van der Waals surface area contributed by atoms with Crippen LogP contribution < -0.4 is 4.90 Å². The maximum atomic E-state index is 12.5. The van der Waals surface area contributed by atoms with E-state index in [1.807, 2.05) is 0 Å². The molecule has 0 bridgehead atoms. The zero-order valence-electron chi connectivity index (χ0n) is 15.0. The molecule has 3 aliphatic rings. The summed E-state index contributed by atoms with van der Waals surface area (Å²) in [7, 11) is 0. The van der Waals surface area contributed by atoms with E-state index >= 15 is 0 Å². The Morgan fingerprint density at radius 2 is 1.68 bits per heavy atom. The molecule has 4 rings (SSSR count). The first-order valence-corrected chi connectivity index (χ1v) is 9.73. The van der Waals surface area contributed by atoms with Gasteiger partial charge in [-0.15, -0.1) is 0 Å². The standard InChI is InChI=1S/C20H29N3O2/c24-20-16-21(9-10-23(20)19-3-1-2-4-19)15-17-5-7-18(8-6-17)22-11-13-25-14-12-22/h5-8,19H,1-4,9-16H2. The summed E-state index contributed by atoms with van der Waals surface area (Å²) < 4.78 is 5.42. The lowest BCUT2D eigenvalue weighted by atomic mass is 10.1. The normalized spacial score (nSPS) is 23.4. The molecule has 0 aromatic heterocycles. The molecular formula is C20H29N3O2. The first-order chi connectivity index (χ1) is 12.3. The number of morpholine rings is 1. The van der Waals surface area contributed by atoms with Crippen LogP contribution >= 0.6 is 0 Å². The third-order valence-corrected chi connectivity index (χ3v) is 5.82. The van der Waals surface area contributed by atoms with Crippen molar-refractivity contribution in [2.75, 3.05) is 50.8 Å². The van der Waals surface area contributed by atoms with Gasteiger partial charge in [0.05, 0.1) is 19.8 Å². The summed E-state index contributed by atoms with van der Waals surface area (Å²) in [5.74, 6) is 0.322. The number of hydrogen-bond acceptors (Lipinski definition) is 4. The first-order valence-electron chi connectivity index (χ1n) is 9.73. The second-order valence-corrected chi connectivity index (χ2v) is 7.50. The minimum atomic E-state index is 0.322. The average Bonchev–Trinajstić information content (AvgIpc) is 3.18. The second kappa shape index (κ2) is 7.75. The average molecular weight is 343 g/mol. The maximum absolute atomic E-state index is 12.5. The zero-order valence-corrected chi connectivity index (χ0v) is 15.0. The Balaban J connectivity index is 1.31. The van der Waals surface area contributed by atoms with Crippen LogP contribution in [0.1, 0.15) is 31.2 Å². The summed E-state index contributed by atoms with van der Waals surface area (Å²) in [5, 5.41) is 0. The quantitative estimate of drug-likeness (QED) is 0.839. The van der Waals surface area contributed by atoms with Gasteiger partial charge in [-0.05, 0) is 30.5 Å². The molecule has 25 heavy (non-hydrogen) atoms. The molecule has 3 fully saturated rings. The van der Waals surface area contributed by atoms with Gasteiger partial charge in [-0.3, -0.25) is 9.69 Å². The van der Waals surface area contributed by atoms with Crippen LogP contribution in [0.5, 0.6) is 0 Å². The molecule has 1 amide bonds. The van der Waals surface area contributed by atoms with Gasteiger partial charge in [-0.1, -0.05) is 25.0 Å². The molecule has 0 spiro atoms. The molecule has 0 radical (unpaired) electrons. The third-order valence-electron chi connectivity index (χ3n) is 5.82. The van der Waals surface area contributed by atoms with Crippen molar-refractivity contribution in [1.29, 1.82) is 0 Å². The lowest BCUT2D eigenvalue weighted by Gasteiger charge is -2.38. The number of amides is 1.